The molecule has 0 saturated carbocycles. The average Bonchev–Trinajstić information content (AvgIpc) is 3.11. The van der Waals surface area contributed by atoms with E-state index in [-0.39, 0.29) is 6.29 Å². The van der Waals surface area contributed by atoms with Crippen molar-refractivity contribution < 1.29 is 22.4 Å². The van der Waals surface area contributed by atoms with E-state index in [1.165, 1.54) is 0 Å². The molecule has 3 atom stereocenters. The summed E-state index contributed by atoms with van der Waals surface area (Å²) in [4.78, 5) is -0.855. The molecular formula is C19H21O5S2-. The first kappa shape index (κ1) is 18.3. The topological polar surface area (TPSA) is 67.8 Å². The van der Waals surface area contributed by atoms with Crippen LogP contribution in [0.4, 0.5) is 0 Å². The molecule has 2 heterocycles. The van der Waals surface area contributed by atoms with Gasteiger partial charge in [0.1, 0.15) is 5.75 Å². The molecule has 2 aliphatic rings. The molecule has 2 aromatic rings. The summed E-state index contributed by atoms with van der Waals surface area (Å²) < 4.78 is 39.9. The fraction of sp³-hybridized carbons (Fsp3) is 0.474. The lowest BCUT2D eigenvalue weighted by atomic mass is 9.97. The number of benzene rings is 2. The van der Waals surface area contributed by atoms with Gasteiger partial charge in [-0.1, -0.05) is 30.3 Å². The van der Waals surface area contributed by atoms with Crippen LogP contribution in [0.5, 0.6) is 5.75 Å². The van der Waals surface area contributed by atoms with E-state index >= 15 is 0 Å². The molecule has 4 rings (SSSR count). The van der Waals surface area contributed by atoms with Gasteiger partial charge in [-0.05, 0) is 42.9 Å². The third kappa shape index (κ3) is 3.64. The molecule has 5 nitrogen and oxygen atoms in total. The predicted molar refractivity (Wildman–Crippen MR) is 102 cm³/mol. The van der Waals surface area contributed by atoms with Crippen LogP contribution in [0, 0.1) is 0 Å². The first-order valence-corrected chi connectivity index (χ1v) is 10.9. The molecular weight excluding hydrogens is 372 g/mol. The Hall–Kier alpha value is -1.12. The Kier molecular flexibility index (Phi) is 5.52. The third-order valence-corrected chi connectivity index (χ3v) is 6.87. The second-order valence-corrected chi connectivity index (χ2v) is 8.49. The molecule has 2 aromatic carbocycles. The minimum atomic E-state index is -2.57. The summed E-state index contributed by atoms with van der Waals surface area (Å²) >= 11 is -1.02. The molecule has 0 aromatic heterocycles. The summed E-state index contributed by atoms with van der Waals surface area (Å²) in [5, 5.41) is 1.91. The van der Waals surface area contributed by atoms with Crippen molar-refractivity contribution in [2.45, 2.75) is 43.3 Å². The average molecular weight is 394 g/mol. The Bertz CT molecular complexity index is 798. The summed E-state index contributed by atoms with van der Waals surface area (Å²) in [6.45, 7) is 0.726. The van der Waals surface area contributed by atoms with Crippen LogP contribution < -0.4 is 4.74 Å². The molecule has 0 spiro atoms. The van der Waals surface area contributed by atoms with Crippen LogP contribution in [0.15, 0.2) is 36.4 Å². The fourth-order valence-electron chi connectivity index (χ4n) is 3.70. The quantitative estimate of drug-likeness (QED) is 0.708. The molecule has 2 saturated heterocycles. The van der Waals surface area contributed by atoms with E-state index in [0.717, 1.165) is 60.1 Å². The van der Waals surface area contributed by atoms with Gasteiger partial charge >= 0.3 is 0 Å². The van der Waals surface area contributed by atoms with Crippen LogP contribution in [0.2, 0.25) is 0 Å². The van der Waals surface area contributed by atoms with Gasteiger partial charge in [0, 0.05) is 17.4 Å². The normalized spacial score (nSPS) is 27.5. The van der Waals surface area contributed by atoms with Crippen molar-refractivity contribution in [3.8, 4) is 5.75 Å². The van der Waals surface area contributed by atoms with Crippen LogP contribution in [-0.4, -0.2) is 27.4 Å². The highest BCUT2D eigenvalue weighted by atomic mass is 32.2. The van der Waals surface area contributed by atoms with Gasteiger partial charge in [-0.2, -0.15) is 0 Å². The van der Waals surface area contributed by atoms with Gasteiger partial charge in [0.25, 0.3) is 0 Å². The maximum atomic E-state index is 11.3. The van der Waals surface area contributed by atoms with Crippen LogP contribution in [0.3, 0.4) is 0 Å². The highest BCUT2D eigenvalue weighted by molar-refractivity contribution is 8.00. The molecule has 2 aliphatic heterocycles. The van der Waals surface area contributed by atoms with Gasteiger partial charge in [0.2, 0.25) is 0 Å². The maximum absolute atomic E-state index is 11.3. The Labute approximate surface area is 159 Å². The Balaban J connectivity index is 1.75. The molecule has 0 N–H and O–H groups in total. The van der Waals surface area contributed by atoms with E-state index < -0.39 is 16.3 Å². The van der Waals surface area contributed by atoms with Crippen LogP contribution in [0.25, 0.3) is 10.8 Å². The largest absolute Gasteiger partial charge is 0.750 e. The van der Waals surface area contributed by atoms with E-state index in [1.54, 1.807) is 11.8 Å². The summed E-state index contributed by atoms with van der Waals surface area (Å²) in [5.74, 6) is 1.64. The van der Waals surface area contributed by atoms with Crippen molar-refractivity contribution in [3.63, 3.8) is 0 Å². The second kappa shape index (κ2) is 7.86. The zero-order valence-electron chi connectivity index (χ0n) is 14.3. The minimum Gasteiger partial charge on any atom is -0.750 e. The number of rotatable bonds is 5. The van der Waals surface area contributed by atoms with E-state index in [4.69, 9.17) is 13.7 Å². The molecule has 3 unspecified atom stereocenters. The van der Waals surface area contributed by atoms with Crippen LogP contribution in [-0.2, 0) is 25.2 Å². The van der Waals surface area contributed by atoms with Crippen molar-refractivity contribution in [1.82, 2.24) is 0 Å². The van der Waals surface area contributed by atoms with Gasteiger partial charge in [-0.3, -0.25) is 4.18 Å². The van der Waals surface area contributed by atoms with Gasteiger partial charge in [0.15, 0.2) is 11.2 Å². The lowest BCUT2D eigenvalue weighted by Crippen LogP contribution is -2.26. The fourth-order valence-corrected chi connectivity index (χ4v) is 5.69. The molecule has 2 fully saturated rings. The zero-order valence-corrected chi connectivity index (χ0v) is 16.0. The van der Waals surface area contributed by atoms with E-state index in [9.17, 15) is 8.76 Å². The van der Waals surface area contributed by atoms with Crippen LogP contribution >= 0.6 is 11.8 Å². The molecule has 0 radical (unpaired) electrons. The molecule has 140 valence electrons. The van der Waals surface area contributed by atoms with E-state index in [1.807, 2.05) is 36.4 Å². The van der Waals surface area contributed by atoms with Crippen molar-refractivity contribution in [1.29, 1.82) is 0 Å². The number of ether oxygens (including phenoxy) is 2. The van der Waals surface area contributed by atoms with Crippen molar-refractivity contribution in [2.75, 3.05) is 12.4 Å². The highest BCUT2D eigenvalue weighted by Gasteiger charge is 2.40. The molecule has 26 heavy (non-hydrogen) atoms. The Morgan fingerprint density at radius 2 is 2.00 bits per heavy atom. The summed E-state index contributed by atoms with van der Waals surface area (Å²) in [6.07, 6.45) is 4.42. The lowest BCUT2D eigenvalue weighted by molar-refractivity contribution is -0.105. The SMILES string of the molecule is O=S([O-])OC1(c2ccc(OC3CCCCO3)c3ccccc23)CCCS1. The summed E-state index contributed by atoms with van der Waals surface area (Å²) in [7, 11) is 0. The first-order valence-electron chi connectivity index (χ1n) is 8.91. The first-order chi connectivity index (χ1) is 12.7. The number of hydrogen-bond donors (Lipinski definition) is 0. The van der Waals surface area contributed by atoms with E-state index in [2.05, 4.69) is 0 Å². The predicted octanol–water partition coefficient (Wildman–Crippen LogP) is 4.24. The minimum absolute atomic E-state index is 0.224. The molecule has 0 aliphatic carbocycles. The lowest BCUT2D eigenvalue weighted by Gasteiger charge is -2.31. The Morgan fingerprint density at radius 3 is 2.69 bits per heavy atom. The van der Waals surface area contributed by atoms with Crippen LogP contribution in [0.1, 0.15) is 37.7 Å². The number of fused-ring (bicyclic) bond motifs is 1. The number of thioether (sulfide) groups is 1. The van der Waals surface area contributed by atoms with Crippen molar-refractivity contribution in [2.24, 2.45) is 0 Å². The summed E-state index contributed by atoms with van der Waals surface area (Å²) in [5.41, 5.74) is 0.886. The molecule has 7 heteroatoms. The third-order valence-electron chi connectivity index (χ3n) is 4.88. The monoisotopic (exact) mass is 393 g/mol. The zero-order chi connectivity index (χ0) is 18.0. The number of hydrogen-bond acceptors (Lipinski definition) is 6. The van der Waals surface area contributed by atoms with Gasteiger partial charge < -0.3 is 14.0 Å². The summed E-state index contributed by atoms with van der Waals surface area (Å²) in [6, 6.07) is 11.8. The second-order valence-electron chi connectivity index (χ2n) is 6.56. The Morgan fingerprint density at radius 1 is 1.15 bits per heavy atom. The highest BCUT2D eigenvalue weighted by Crippen LogP contribution is 2.51. The standard InChI is InChI=1S/C19H22O5S2/c20-26(21)24-19(11-5-13-25-19)16-9-10-17(15-7-2-1-6-14(15)16)23-18-8-3-4-12-22-18/h1-2,6-7,9-10,18H,3-5,8,11-13H2,(H,20,21)/p-1. The van der Waals surface area contributed by atoms with Gasteiger partial charge in [-0.15, -0.1) is 11.8 Å². The molecule has 0 amide bonds. The molecule has 0 bridgehead atoms. The smallest absolute Gasteiger partial charge is 0.199 e. The van der Waals surface area contributed by atoms with Crippen molar-refractivity contribution in [3.05, 3.63) is 42.0 Å². The van der Waals surface area contributed by atoms with Gasteiger partial charge in [0.05, 0.1) is 18.0 Å². The van der Waals surface area contributed by atoms with E-state index in [0.29, 0.717) is 6.42 Å². The van der Waals surface area contributed by atoms with Gasteiger partial charge in [-0.25, -0.2) is 4.21 Å². The van der Waals surface area contributed by atoms with Crippen molar-refractivity contribution >= 4 is 33.9 Å². The maximum Gasteiger partial charge on any atom is 0.199 e.